The number of non-ortho nitro benzene ring substituents is 1. The van der Waals surface area contributed by atoms with Crippen molar-refractivity contribution < 1.29 is 43.8 Å². The van der Waals surface area contributed by atoms with E-state index in [0.717, 1.165) is 30.4 Å². The predicted molar refractivity (Wildman–Crippen MR) is 159 cm³/mol. The van der Waals surface area contributed by atoms with Gasteiger partial charge < -0.3 is 0 Å². The summed E-state index contributed by atoms with van der Waals surface area (Å²) in [6, 6.07) is 17.5. The van der Waals surface area contributed by atoms with Crippen LogP contribution in [0.4, 0.5) is 28.4 Å². The molecule has 0 heterocycles. The van der Waals surface area contributed by atoms with Crippen LogP contribution in [-0.4, -0.2) is 43.8 Å². The molecular weight excluding hydrogens is 655 g/mol. The summed E-state index contributed by atoms with van der Waals surface area (Å²) in [5.41, 5.74) is 0.196. The number of hydrogen-bond acceptors (Lipinski definition) is 12. The number of nitro groups is 1. The molecule has 0 saturated heterocycles. The zero-order valence-corrected chi connectivity index (χ0v) is 24.8. The Morgan fingerprint density at radius 2 is 0.911 bits per heavy atom. The van der Waals surface area contributed by atoms with Crippen LogP contribution >= 0.6 is 0 Å². The molecule has 0 amide bonds. The molecule has 0 bridgehead atoms. The third-order valence-electron chi connectivity index (χ3n) is 5.75. The SMILES string of the molecule is O=[N+]([O-])c1ccc(/C=C/c2ccc(N=Nc3ccc(N=Nc4ccc(S(=O)(=O)O)cc4)cc3)cc2S(=O)(=O)O)c(S(=O)(=O)O)c1. The van der Waals surface area contributed by atoms with Crippen LogP contribution in [0, 0.1) is 10.1 Å². The Labute approximate surface area is 255 Å². The molecule has 3 N–H and O–H groups in total. The number of rotatable bonds is 10. The molecule has 0 unspecified atom stereocenters. The zero-order chi connectivity index (χ0) is 33.0. The summed E-state index contributed by atoms with van der Waals surface area (Å²) in [6.07, 6.45) is 2.21. The van der Waals surface area contributed by atoms with E-state index in [1.165, 1.54) is 48.5 Å². The Morgan fingerprint density at radius 1 is 0.533 bits per heavy atom. The van der Waals surface area contributed by atoms with Gasteiger partial charge in [0.05, 0.1) is 32.6 Å². The second-order valence-electron chi connectivity index (χ2n) is 8.87. The molecule has 4 aromatic rings. The molecule has 19 heteroatoms. The molecular formula is C26H19N5O11S3. The lowest BCUT2D eigenvalue weighted by Gasteiger charge is -2.06. The van der Waals surface area contributed by atoms with E-state index in [1.54, 1.807) is 12.1 Å². The summed E-state index contributed by atoms with van der Waals surface area (Å²) < 4.78 is 98.2. The van der Waals surface area contributed by atoms with Gasteiger partial charge in [-0.15, -0.1) is 0 Å². The minimum atomic E-state index is -4.89. The van der Waals surface area contributed by atoms with Crippen molar-refractivity contribution in [3.05, 3.63) is 106 Å². The third kappa shape index (κ3) is 8.75. The van der Waals surface area contributed by atoms with Crippen molar-refractivity contribution in [1.29, 1.82) is 0 Å². The van der Waals surface area contributed by atoms with Crippen molar-refractivity contribution in [3.8, 4) is 0 Å². The first-order valence-corrected chi connectivity index (χ1v) is 16.4. The van der Waals surface area contributed by atoms with Gasteiger partial charge in [-0.1, -0.05) is 18.2 Å². The fraction of sp³-hybridized carbons (Fsp3) is 0. The van der Waals surface area contributed by atoms with E-state index in [9.17, 15) is 44.5 Å². The average molecular weight is 674 g/mol. The van der Waals surface area contributed by atoms with Crippen LogP contribution in [-0.2, 0) is 30.4 Å². The molecule has 0 aliphatic rings. The van der Waals surface area contributed by atoms with Gasteiger partial charge in [-0.25, -0.2) is 0 Å². The molecule has 4 rings (SSSR count). The maximum absolute atomic E-state index is 12.1. The molecule has 0 aliphatic carbocycles. The van der Waals surface area contributed by atoms with Gasteiger partial charge in [0, 0.05) is 12.1 Å². The van der Waals surface area contributed by atoms with Crippen LogP contribution in [0.2, 0.25) is 0 Å². The Hall–Kier alpha value is -5.05. The van der Waals surface area contributed by atoms with Gasteiger partial charge in [-0.3, -0.25) is 23.8 Å². The lowest BCUT2D eigenvalue weighted by molar-refractivity contribution is -0.385. The lowest BCUT2D eigenvalue weighted by atomic mass is 10.1. The first kappa shape index (κ1) is 32.9. The van der Waals surface area contributed by atoms with Gasteiger partial charge in [0.25, 0.3) is 36.0 Å². The summed E-state index contributed by atoms with van der Waals surface area (Å²) in [7, 11) is -14.0. The number of benzene rings is 4. The van der Waals surface area contributed by atoms with E-state index in [2.05, 4.69) is 20.5 Å². The minimum Gasteiger partial charge on any atom is -0.282 e. The second-order valence-corrected chi connectivity index (χ2v) is 13.1. The number of azo groups is 2. The third-order valence-corrected chi connectivity index (χ3v) is 8.44. The highest BCUT2D eigenvalue weighted by Gasteiger charge is 2.20. The second kappa shape index (κ2) is 12.9. The van der Waals surface area contributed by atoms with Gasteiger partial charge in [0.15, 0.2) is 0 Å². The molecule has 0 aromatic heterocycles. The van der Waals surface area contributed by atoms with E-state index in [0.29, 0.717) is 23.1 Å². The molecule has 0 aliphatic heterocycles. The van der Waals surface area contributed by atoms with E-state index in [-0.39, 0.29) is 21.7 Å². The highest BCUT2D eigenvalue weighted by molar-refractivity contribution is 7.86. The fourth-order valence-corrected chi connectivity index (χ4v) is 5.51. The summed E-state index contributed by atoms with van der Waals surface area (Å²) in [5.74, 6) is 0. The smallest absolute Gasteiger partial charge is 0.282 e. The fourth-order valence-electron chi connectivity index (χ4n) is 3.63. The molecule has 0 atom stereocenters. The topological polar surface area (TPSA) is 256 Å². The molecule has 232 valence electrons. The van der Waals surface area contributed by atoms with Crippen LogP contribution in [0.1, 0.15) is 11.1 Å². The molecule has 0 fully saturated rings. The van der Waals surface area contributed by atoms with Crippen molar-refractivity contribution in [2.45, 2.75) is 14.7 Å². The van der Waals surface area contributed by atoms with Crippen molar-refractivity contribution in [1.82, 2.24) is 0 Å². The highest BCUT2D eigenvalue weighted by atomic mass is 32.2. The largest absolute Gasteiger partial charge is 0.295 e. The molecule has 45 heavy (non-hydrogen) atoms. The molecule has 0 radical (unpaired) electrons. The first-order valence-electron chi connectivity index (χ1n) is 12.1. The van der Waals surface area contributed by atoms with E-state index in [4.69, 9.17) is 4.55 Å². The summed E-state index contributed by atoms with van der Waals surface area (Å²) in [5, 5.41) is 26.9. The van der Waals surface area contributed by atoms with Gasteiger partial charge in [-0.05, 0) is 77.9 Å². The number of nitrogens with zero attached hydrogens (tertiary/aromatic N) is 5. The Balaban J connectivity index is 1.54. The van der Waals surface area contributed by atoms with Gasteiger partial charge in [0.1, 0.15) is 9.79 Å². The van der Waals surface area contributed by atoms with Crippen molar-refractivity contribution in [2.24, 2.45) is 20.5 Å². The Kier molecular flexibility index (Phi) is 9.42. The van der Waals surface area contributed by atoms with E-state index >= 15 is 0 Å². The molecule has 16 nitrogen and oxygen atoms in total. The quantitative estimate of drug-likeness (QED) is 0.0550. The van der Waals surface area contributed by atoms with Crippen molar-refractivity contribution in [3.63, 3.8) is 0 Å². The monoisotopic (exact) mass is 673 g/mol. The van der Waals surface area contributed by atoms with E-state index < -0.39 is 50.8 Å². The van der Waals surface area contributed by atoms with Gasteiger partial charge in [0.2, 0.25) is 0 Å². The predicted octanol–water partition coefficient (Wildman–Crippen LogP) is 6.34. The minimum absolute atomic E-state index is 0.0193. The van der Waals surface area contributed by atoms with Crippen LogP contribution in [0.5, 0.6) is 0 Å². The van der Waals surface area contributed by atoms with Crippen molar-refractivity contribution in [2.75, 3.05) is 0 Å². The molecule has 0 spiro atoms. The van der Waals surface area contributed by atoms with Gasteiger partial charge >= 0.3 is 0 Å². The number of nitro benzene ring substituents is 1. The standard InChI is InChI=1S/C26H19N5O11S3/c32-31(33)23-12-4-18(26(16-23)45(40,41)42)2-1-17-3-5-22(15-25(17)44(37,38)39)30-29-20-8-6-19(7-9-20)27-28-21-10-13-24(14-11-21)43(34,35)36/h1-16H,(H,34,35,36)(H,37,38,39)(H,40,41,42)/b2-1+,28-27?,30-29?. The lowest BCUT2D eigenvalue weighted by Crippen LogP contribution is -2.02. The Morgan fingerprint density at radius 3 is 1.33 bits per heavy atom. The van der Waals surface area contributed by atoms with Crippen LogP contribution in [0.3, 0.4) is 0 Å². The van der Waals surface area contributed by atoms with Crippen molar-refractivity contribution >= 4 is 70.9 Å². The van der Waals surface area contributed by atoms with Crippen LogP contribution < -0.4 is 0 Å². The zero-order valence-electron chi connectivity index (χ0n) is 22.3. The normalized spacial score (nSPS) is 12.8. The van der Waals surface area contributed by atoms with Crippen LogP contribution in [0.25, 0.3) is 12.2 Å². The highest BCUT2D eigenvalue weighted by Crippen LogP contribution is 2.29. The molecule has 0 saturated carbocycles. The maximum atomic E-state index is 12.1. The Bertz CT molecular complexity index is 2200. The first-order chi connectivity index (χ1) is 21.0. The summed E-state index contributed by atoms with van der Waals surface area (Å²) in [4.78, 5) is 8.46. The number of hydrogen-bond donors (Lipinski definition) is 3. The maximum Gasteiger partial charge on any atom is 0.295 e. The van der Waals surface area contributed by atoms with Gasteiger partial charge in [-0.2, -0.15) is 45.7 Å². The van der Waals surface area contributed by atoms with Crippen LogP contribution in [0.15, 0.2) is 120 Å². The molecule has 4 aromatic carbocycles. The summed E-state index contributed by atoms with van der Waals surface area (Å²) >= 11 is 0. The van der Waals surface area contributed by atoms with E-state index in [1.807, 2.05) is 0 Å². The summed E-state index contributed by atoms with van der Waals surface area (Å²) in [6.45, 7) is 0. The average Bonchev–Trinajstić information content (AvgIpc) is 2.97.